The molecule has 2 rings (SSSR count). The van der Waals surface area contributed by atoms with Crippen LogP contribution in [0.3, 0.4) is 0 Å². The van der Waals surface area contributed by atoms with Gasteiger partial charge in [0.15, 0.2) is 0 Å². The summed E-state index contributed by atoms with van der Waals surface area (Å²) in [4.78, 5) is 14.8. The van der Waals surface area contributed by atoms with Gasteiger partial charge in [-0.3, -0.25) is 0 Å². The summed E-state index contributed by atoms with van der Waals surface area (Å²) < 4.78 is 5.12. The van der Waals surface area contributed by atoms with Gasteiger partial charge in [-0.2, -0.15) is 0 Å². The van der Waals surface area contributed by atoms with Gasteiger partial charge in [0.2, 0.25) is 0 Å². The van der Waals surface area contributed by atoms with E-state index < -0.39 is 0 Å². The Balaban J connectivity index is 2.37. The summed E-state index contributed by atoms with van der Waals surface area (Å²) >= 11 is 0. The molecule has 0 bridgehead atoms. The molecule has 0 unspecified atom stereocenters. The minimum Gasteiger partial charge on any atom is -0.461 e. The molecule has 3 nitrogen and oxygen atoms in total. The van der Waals surface area contributed by atoms with Gasteiger partial charge in [0, 0.05) is 10.9 Å². The molecule has 0 saturated carbocycles. The number of para-hydroxylation sites is 1. The number of hydrogen-bond donors (Lipinski definition) is 1. The van der Waals surface area contributed by atoms with Gasteiger partial charge in [-0.05, 0) is 25.0 Å². The Morgan fingerprint density at radius 1 is 1.38 bits per heavy atom. The third-order valence-electron chi connectivity index (χ3n) is 2.61. The number of rotatable bonds is 3. The molecule has 16 heavy (non-hydrogen) atoms. The average molecular weight is 217 g/mol. The standard InChI is InChI=1S/C13H15NO2/c1-3-8-16-13(15)12-9(2)10-6-4-5-7-11(10)14-12/h4-7,14H,3,8H2,1-2H3. The van der Waals surface area contributed by atoms with Gasteiger partial charge >= 0.3 is 5.97 Å². The lowest BCUT2D eigenvalue weighted by atomic mass is 10.1. The summed E-state index contributed by atoms with van der Waals surface area (Å²) in [6.07, 6.45) is 0.838. The van der Waals surface area contributed by atoms with Gasteiger partial charge in [-0.1, -0.05) is 25.1 Å². The van der Waals surface area contributed by atoms with E-state index in [1.807, 2.05) is 38.1 Å². The number of nitrogens with one attached hydrogen (secondary N) is 1. The quantitative estimate of drug-likeness (QED) is 0.803. The minimum atomic E-state index is -0.268. The molecule has 0 spiro atoms. The number of aryl methyl sites for hydroxylation is 1. The highest BCUT2D eigenvalue weighted by molar-refractivity contribution is 5.98. The number of carbonyl (C=O) groups is 1. The van der Waals surface area contributed by atoms with Crippen LogP contribution in [0.15, 0.2) is 24.3 Å². The van der Waals surface area contributed by atoms with E-state index in [0.717, 1.165) is 22.9 Å². The number of aromatic amines is 1. The zero-order chi connectivity index (χ0) is 11.5. The van der Waals surface area contributed by atoms with Gasteiger partial charge in [0.05, 0.1) is 6.61 Å². The molecule has 0 radical (unpaired) electrons. The molecule has 1 heterocycles. The van der Waals surface area contributed by atoms with Gasteiger partial charge in [-0.25, -0.2) is 4.79 Å². The SMILES string of the molecule is CCCOC(=O)c1[nH]c2ccccc2c1C. The van der Waals surface area contributed by atoms with Crippen molar-refractivity contribution in [3.63, 3.8) is 0 Å². The van der Waals surface area contributed by atoms with E-state index in [-0.39, 0.29) is 5.97 Å². The molecule has 84 valence electrons. The third kappa shape index (κ3) is 1.81. The highest BCUT2D eigenvalue weighted by atomic mass is 16.5. The monoisotopic (exact) mass is 217 g/mol. The largest absolute Gasteiger partial charge is 0.461 e. The maximum Gasteiger partial charge on any atom is 0.355 e. The van der Waals surface area contributed by atoms with E-state index in [0.29, 0.717) is 12.3 Å². The molecule has 0 amide bonds. The Morgan fingerprint density at radius 2 is 2.12 bits per heavy atom. The van der Waals surface area contributed by atoms with Crippen LogP contribution in [0.4, 0.5) is 0 Å². The van der Waals surface area contributed by atoms with Crippen molar-refractivity contribution in [2.75, 3.05) is 6.61 Å². The van der Waals surface area contributed by atoms with Crippen molar-refractivity contribution in [2.45, 2.75) is 20.3 Å². The van der Waals surface area contributed by atoms with Crippen molar-refractivity contribution in [1.82, 2.24) is 4.98 Å². The highest BCUT2D eigenvalue weighted by Gasteiger charge is 2.15. The first-order valence-corrected chi connectivity index (χ1v) is 5.48. The van der Waals surface area contributed by atoms with Crippen LogP contribution >= 0.6 is 0 Å². The minimum absolute atomic E-state index is 0.268. The maximum atomic E-state index is 11.7. The van der Waals surface area contributed by atoms with Crippen molar-refractivity contribution in [3.8, 4) is 0 Å². The Morgan fingerprint density at radius 3 is 2.81 bits per heavy atom. The molecule has 0 fully saturated rings. The Kier molecular flexibility index (Phi) is 2.95. The van der Waals surface area contributed by atoms with Crippen molar-refractivity contribution >= 4 is 16.9 Å². The van der Waals surface area contributed by atoms with Crippen molar-refractivity contribution in [3.05, 3.63) is 35.5 Å². The fraction of sp³-hybridized carbons (Fsp3) is 0.308. The normalized spacial score (nSPS) is 10.6. The number of ether oxygens (including phenoxy) is 1. The van der Waals surface area contributed by atoms with E-state index in [1.54, 1.807) is 0 Å². The summed E-state index contributed by atoms with van der Waals surface area (Å²) in [5.74, 6) is -0.268. The molecule has 0 saturated heterocycles. The first-order chi connectivity index (χ1) is 7.74. The molecule has 0 aliphatic carbocycles. The molecule has 0 aliphatic heterocycles. The number of H-pyrrole nitrogens is 1. The molecule has 3 heteroatoms. The molecule has 2 aromatic rings. The zero-order valence-corrected chi connectivity index (χ0v) is 9.54. The van der Waals surface area contributed by atoms with E-state index in [2.05, 4.69) is 4.98 Å². The molecule has 0 aliphatic rings. The lowest BCUT2D eigenvalue weighted by molar-refractivity contribution is 0.0498. The topological polar surface area (TPSA) is 42.1 Å². The first kappa shape index (κ1) is 10.7. The highest BCUT2D eigenvalue weighted by Crippen LogP contribution is 2.21. The fourth-order valence-corrected chi connectivity index (χ4v) is 1.75. The number of carbonyl (C=O) groups excluding carboxylic acids is 1. The Hall–Kier alpha value is -1.77. The predicted octanol–water partition coefficient (Wildman–Crippen LogP) is 3.04. The van der Waals surface area contributed by atoms with Crippen LogP contribution in [0.2, 0.25) is 0 Å². The molecule has 0 atom stereocenters. The second kappa shape index (κ2) is 4.39. The van der Waals surface area contributed by atoms with E-state index in [9.17, 15) is 4.79 Å². The van der Waals surface area contributed by atoms with Crippen LogP contribution < -0.4 is 0 Å². The van der Waals surface area contributed by atoms with E-state index in [4.69, 9.17) is 4.74 Å². The van der Waals surface area contributed by atoms with Gasteiger partial charge in [0.1, 0.15) is 5.69 Å². The van der Waals surface area contributed by atoms with Crippen molar-refractivity contribution in [2.24, 2.45) is 0 Å². The van der Waals surface area contributed by atoms with Crippen LogP contribution in [0.5, 0.6) is 0 Å². The summed E-state index contributed by atoms with van der Waals surface area (Å²) in [5, 5.41) is 1.07. The summed E-state index contributed by atoms with van der Waals surface area (Å²) in [6, 6.07) is 7.86. The van der Waals surface area contributed by atoms with Gasteiger partial charge in [-0.15, -0.1) is 0 Å². The fourth-order valence-electron chi connectivity index (χ4n) is 1.75. The molecule has 1 N–H and O–H groups in total. The van der Waals surface area contributed by atoms with Crippen LogP contribution in [0.1, 0.15) is 29.4 Å². The van der Waals surface area contributed by atoms with Gasteiger partial charge < -0.3 is 9.72 Å². The number of benzene rings is 1. The van der Waals surface area contributed by atoms with Gasteiger partial charge in [0.25, 0.3) is 0 Å². The summed E-state index contributed by atoms with van der Waals surface area (Å²) in [7, 11) is 0. The molecular formula is C13H15NO2. The average Bonchev–Trinajstić information content (AvgIpc) is 2.64. The lowest BCUT2D eigenvalue weighted by Crippen LogP contribution is -2.07. The maximum absolute atomic E-state index is 11.7. The van der Waals surface area contributed by atoms with Crippen molar-refractivity contribution < 1.29 is 9.53 Å². The summed E-state index contributed by atoms with van der Waals surface area (Å²) in [5.41, 5.74) is 2.50. The Labute approximate surface area is 94.4 Å². The number of esters is 1. The zero-order valence-electron chi connectivity index (χ0n) is 9.54. The van der Waals surface area contributed by atoms with Crippen LogP contribution in [0.25, 0.3) is 10.9 Å². The number of hydrogen-bond acceptors (Lipinski definition) is 2. The Bertz CT molecular complexity index is 514. The van der Waals surface area contributed by atoms with Crippen LogP contribution in [-0.4, -0.2) is 17.6 Å². The van der Waals surface area contributed by atoms with Crippen LogP contribution in [0, 0.1) is 6.92 Å². The number of aromatic nitrogens is 1. The van der Waals surface area contributed by atoms with Crippen LogP contribution in [-0.2, 0) is 4.74 Å². The predicted molar refractivity (Wildman–Crippen MR) is 63.6 cm³/mol. The molecule has 1 aromatic heterocycles. The van der Waals surface area contributed by atoms with Crippen molar-refractivity contribution in [1.29, 1.82) is 0 Å². The molecule has 1 aromatic carbocycles. The van der Waals surface area contributed by atoms with E-state index >= 15 is 0 Å². The lowest BCUT2D eigenvalue weighted by Gasteiger charge is -2.01. The first-order valence-electron chi connectivity index (χ1n) is 5.48. The smallest absolute Gasteiger partial charge is 0.355 e. The summed E-state index contributed by atoms with van der Waals surface area (Å²) in [6.45, 7) is 4.38. The molecular weight excluding hydrogens is 202 g/mol. The van der Waals surface area contributed by atoms with E-state index in [1.165, 1.54) is 0 Å². The second-order valence-electron chi connectivity index (χ2n) is 3.81. The third-order valence-corrected chi connectivity index (χ3v) is 2.61. The second-order valence-corrected chi connectivity index (χ2v) is 3.81. The number of fused-ring (bicyclic) bond motifs is 1.